The van der Waals surface area contributed by atoms with Crippen molar-refractivity contribution >= 4 is 5.78 Å². The molecular weight excluding hydrogens is 290 g/mol. The fourth-order valence-electron chi connectivity index (χ4n) is 3.20. The molecule has 0 saturated heterocycles. The fourth-order valence-corrected chi connectivity index (χ4v) is 3.20. The van der Waals surface area contributed by atoms with Crippen LogP contribution in [0, 0.1) is 11.8 Å². The number of carbonyl (C=O) groups excluding carboxylic acids is 1. The van der Waals surface area contributed by atoms with Gasteiger partial charge in [-0.25, -0.2) is 0 Å². The molecule has 4 N–H and O–H groups in total. The van der Waals surface area contributed by atoms with Crippen molar-refractivity contribution in [2.75, 3.05) is 13.2 Å². The number of aliphatic hydroxyl groups is 2. The second-order valence-corrected chi connectivity index (χ2v) is 7.20. The number of benzene rings is 1. The van der Waals surface area contributed by atoms with Gasteiger partial charge < -0.3 is 15.9 Å². The lowest BCUT2D eigenvalue weighted by Crippen LogP contribution is -2.47. The number of aliphatic hydroxyl groups excluding tert-OH is 2. The minimum Gasteiger partial charge on any atom is -0.394 e. The third-order valence-corrected chi connectivity index (χ3v) is 5.17. The molecule has 1 fully saturated rings. The van der Waals surface area contributed by atoms with Gasteiger partial charge in [0.2, 0.25) is 0 Å². The van der Waals surface area contributed by atoms with E-state index in [0.29, 0.717) is 12.8 Å². The lowest BCUT2D eigenvalue weighted by Gasteiger charge is -2.25. The summed E-state index contributed by atoms with van der Waals surface area (Å²) in [5.74, 6) is 1.19. The Morgan fingerprint density at radius 1 is 1.13 bits per heavy atom. The monoisotopic (exact) mass is 319 g/mol. The average molecular weight is 319 g/mol. The zero-order valence-corrected chi connectivity index (χ0v) is 14.0. The zero-order valence-electron chi connectivity index (χ0n) is 14.0. The van der Waals surface area contributed by atoms with Crippen molar-refractivity contribution in [3.8, 4) is 0 Å². The highest BCUT2D eigenvalue weighted by Gasteiger charge is 2.25. The molecule has 0 unspecified atom stereocenters. The Morgan fingerprint density at radius 3 is 2.22 bits per heavy atom. The predicted octanol–water partition coefficient (Wildman–Crippen LogP) is 2.31. The molecule has 4 nitrogen and oxygen atoms in total. The number of ketones is 1. The van der Waals surface area contributed by atoms with Crippen molar-refractivity contribution in [3.63, 3.8) is 0 Å². The van der Waals surface area contributed by atoms with Gasteiger partial charge in [-0.1, -0.05) is 44.0 Å². The Morgan fingerprint density at radius 2 is 1.70 bits per heavy atom. The molecule has 1 aliphatic carbocycles. The van der Waals surface area contributed by atoms with Crippen LogP contribution in [0.2, 0.25) is 0 Å². The molecule has 0 amide bonds. The first kappa shape index (κ1) is 18.1. The first-order chi connectivity index (χ1) is 11.0. The lowest BCUT2D eigenvalue weighted by molar-refractivity contribution is 0.0875. The van der Waals surface area contributed by atoms with Crippen molar-refractivity contribution in [2.24, 2.45) is 17.6 Å². The number of aryl methyl sites for hydroxylation is 1. The molecule has 128 valence electrons. The van der Waals surface area contributed by atoms with Gasteiger partial charge in [-0.05, 0) is 37.2 Å². The highest BCUT2D eigenvalue weighted by Crippen LogP contribution is 2.30. The van der Waals surface area contributed by atoms with Gasteiger partial charge in [-0.3, -0.25) is 4.79 Å². The third kappa shape index (κ3) is 4.87. The first-order valence-electron chi connectivity index (χ1n) is 8.61. The molecule has 0 spiro atoms. The van der Waals surface area contributed by atoms with Crippen LogP contribution in [0.5, 0.6) is 0 Å². The number of nitrogens with two attached hydrogens (primary N) is 1. The molecule has 0 aliphatic heterocycles. The number of hydrogen-bond donors (Lipinski definition) is 3. The minimum absolute atomic E-state index is 0.178. The van der Waals surface area contributed by atoms with Gasteiger partial charge in [0.05, 0.1) is 18.8 Å². The van der Waals surface area contributed by atoms with E-state index in [2.05, 4.69) is 6.92 Å². The van der Waals surface area contributed by atoms with E-state index in [1.165, 1.54) is 0 Å². The van der Waals surface area contributed by atoms with Crippen LogP contribution in [0.3, 0.4) is 0 Å². The maximum atomic E-state index is 12.5. The summed E-state index contributed by atoms with van der Waals surface area (Å²) >= 11 is 0. The molecule has 1 aliphatic rings. The van der Waals surface area contributed by atoms with Crippen LogP contribution < -0.4 is 5.73 Å². The summed E-state index contributed by atoms with van der Waals surface area (Å²) in [4.78, 5) is 12.5. The van der Waals surface area contributed by atoms with Crippen LogP contribution in [0.4, 0.5) is 0 Å². The van der Waals surface area contributed by atoms with Crippen molar-refractivity contribution in [1.29, 1.82) is 0 Å². The fraction of sp³-hybridized carbons (Fsp3) is 0.632. The van der Waals surface area contributed by atoms with Crippen molar-refractivity contribution in [1.82, 2.24) is 0 Å². The van der Waals surface area contributed by atoms with E-state index in [0.717, 1.165) is 42.7 Å². The van der Waals surface area contributed by atoms with Crippen molar-refractivity contribution in [3.05, 3.63) is 35.4 Å². The summed E-state index contributed by atoms with van der Waals surface area (Å²) < 4.78 is 0. The molecule has 1 aromatic rings. The van der Waals surface area contributed by atoms with Gasteiger partial charge in [0, 0.05) is 11.5 Å². The second kappa shape index (κ2) is 8.04. The third-order valence-electron chi connectivity index (χ3n) is 5.17. The zero-order chi connectivity index (χ0) is 16.9. The topological polar surface area (TPSA) is 83.6 Å². The summed E-state index contributed by atoms with van der Waals surface area (Å²) in [7, 11) is 0. The highest BCUT2D eigenvalue weighted by atomic mass is 16.3. The average Bonchev–Trinajstić information content (AvgIpc) is 2.60. The van der Waals surface area contributed by atoms with E-state index in [9.17, 15) is 15.0 Å². The molecule has 0 heterocycles. The van der Waals surface area contributed by atoms with Gasteiger partial charge in [0.1, 0.15) is 0 Å². The number of Topliss-reactive ketones (excluding diaryl/α,β-unsaturated/α-hetero) is 1. The molecule has 0 radical (unpaired) electrons. The normalized spacial score (nSPS) is 22.1. The molecule has 1 saturated carbocycles. The minimum atomic E-state index is -0.937. The molecule has 0 bridgehead atoms. The van der Waals surface area contributed by atoms with Crippen LogP contribution in [0.1, 0.15) is 54.9 Å². The summed E-state index contributed by atoms with van der Waals surface area (Å²) in [5.41, 5.74) is 6.79. The highest BCUT2D eigenvalue weighted by molar-refractivity contribution is 5.97. The Bertz CT molecular complexity index is 500. The van der Waals surface area contributed by atoms with Crippen molar-refractivity contribution < 1.29 is 15.0 Å². The van der Waals surface area contributed by atoms with Gasteiger partial charge in [-0.15, -0.1) is 0 Å². The van der Waals surface area contributed by atoms with E-state index in [1.807, 2.05) is 24.3 Å². The second-order valence-electron chi connectivity index (χ2n) is 7.20. The lowest BCUT2D eigenvalue weighted by atomic mass is 9.79. The standard InChI is InChI=1S/C19H29NO3/c1-14-2-6-16(7-3-14)18(23)17-8-4-15(5-9-17)10-11-19(20,12-21)13-22/h4-5,8-9,14,16,21-22H,2-3,6-7,10-13,20H2,1H3. The van der Waals surface area contributed by atoms with Gasteiger partial charge in [0.15, 0.2) is 5.78 Å². The summed E-state index contributed by atoms with van der Waals surface area (Å²) in [6.45, 7) is 1.78. The molecule has 23 heavy (non-hydrogen) atoms. The van der Waals surface area contributed by atoms with Gasteiger partial charge in [0.25, 0.3) is 0 Å². The molecule has 0 aromatic heterocycles. The van der Waals surface area contributed by atoms with Crippen LogP contribution in [0.25, 0.3) is 0 Å². The van der Waals surface area contributed by atoms with E-state index < -0.39 is 5.54 Å². The summed E-state index contributed by atoms with van der Waals surface area (Å²) in [6.07, 6.45) is 5.49. The maximum absolute atomic E-state index is 12.5. The molecule has 2 rings (SSSR count). The first-order valence-corrected chi connectivity index (χ1v) is 8.61. The summed E-state index contributed by atoms with van der Waals surface area (Å²) in [5, 5.41) is 18.4. The van der Waals surface area contributed by atoms with E-state index >= 15 is 0 Å². The smallest absolute Gasteiger partial charge is 0.165 e. The van der Waals surface area contributed by atoms with Gasteiger partial charge >= 0.3 is 0 Å². The molecule has 0 atom stereocenters. The number of rotatable bonds is 7. The predicted molar refractivity (Wildman–Crippen MR) is 91.3 cm³/mol. The Hall–Kier alpha value is -1.23. The van der Waals surface area contributed by atoms with Crippen LogP contribution in [0.15, 0.2) is 24.3 Å². The van der Waals surface area contributed by atoms with Crippen LogP contribution >= 0.6 is 0 Å². The van der Waals surface area contributed by atoms with Gasteiger partial charge in [-0.2, -0.15) is 0 Å². The molecule has 4 heteroatoms. The van der Waals surface area contributed by atoms with Crippen LogP contribution in [-0.4, -0.2) is 34.7 Å². The van der Waals surface area contributed by atoms with Crippen LogP contribution in [-0.2, 0) is 6.42 Å². The Kier molecular flexibility index (Phi) is 6.33. The van der Waals surface area contributed by atoms with E-state index in [-0.39, 0.29) is 24.9 Å². The Labute approximate surface area is 138 Å². The SMILES string of the molecule is CC1CCC(C(=O)c2ccc(CCC(N)(CO)CO)cc2)CC1. The van der Waals surface area contributed by atoms with E-state index in [4.69, 9.17) is 5.73 Å². The Balaban J connectivity index is 1.92. The number of hydrogen-bond acceptors (Lipinski definition) is 4. The molecule has 1 aromatic carbocycles. The quantitative estimate of drug-likeness (QED) is 0.673. The van der Waals surface area contributed by atoms with E-state index in [1.54, 1.807) is 0 Å². The van der Waals surface area contributed by atoms with Crippen molar-refractivity contribution in [2.45, 2.75) is 51.0 Å². The summed E-state index contributed by atoms with van der Waals surface area (Å²) in [6, 6.07) is 7.69. The number of carbonyl (C=O) groups is 1. The molecular formula is C19H29NO3. The largest absolute Gasteiger partial charge is 0.394 e. The maximum Gasteiger partial charge on any atom is 0.165 e.